The number of rotatable bonds is 6. The predicted molar refractivity (Wildman–Crippen MR) is 99.9 cm³/mol. The Morgan fingerprint density at radius 2 is 1.89 bits per heavy atom. The van der Waals surface area contributed by atoms with Crippen LogP contribution in [0, 0.1) is 17.0 Å². The Bertz CT molecular complexity index is 862. The molecular formula is C19H18F3NO3S. The molecule has 0 N–H and O–H groups in total. The Balaban J connectivity index is 2.46. The van der Waals surface area contributed by atoms with Crippen molar-refractivity contribution in [2.75, 3.05) is 0 Å². The summed E-state index contributed by atoms with van der Waals surface area (Å²) < 4.78 is 40.8. The highest BCUT2D eigenvalue weighted by atomic mass is 32.2. The number of alkyl halides is 3. The number of benzene rings is 2. The Hall–Kier alpha value is -2.48. The maximum Gasteiger partial charge on any atom is 0.573 e. The lowest BCUT2D eigenvalue weighted by molar-refractivity contribution is -0.385. The number of hydrogen-bond donors (Lipinski definition) is 0. The van der Waals surface area contributed by atoms with E-state index in [2.05, 4.69) is 4.74 Å². The molecule has 0 heterocycles. The summed E-state index contributed by atoms with van der Waals surface area (Å²) in [6.45, 7) is 5.82. The first kappa shape index (κ1) is 20.8. The highest BCUT2D eigenvalue weighted by molar-refractivity contribution is 8.02. The quantitative estimate of drug-likeness (QED) is 0.303. The van der Waals surface area contributed by atoms with Gasteiger partial charge in [0.2, 0.25) is 0 Å². The second-order valence-electron chi connectivity index (χ2n) is 5.88. The number of hydrogen-bond acceptors (Lipinski definition) is 4. The molecule has 27 heavy (non-hydrogen) atoms. The summed E-state index contributed by atoms with van der Waals surface area (Å²) in [6.07, 6.45) is -3.90. The van der Waals surface area contributed by atoms with E-state index in [9.17, 15) is 23.3 Å². The van der Waals surface area contributed by atoms with Crippen LogP contribution in [0.4, 0.5) is 18.9 Å². The number of thioether (sulfide) groups is 1. The number of nitro benzene ring substituents is 1. The van der Waals surface area contributed by atoms with Gasteiger partial charge >= 0.3 is 6.36 Å². The second-order valence-corrected chi connectivity index (χ2v) is 6.79. The molecule has 2 aromatic rings. The first-order valence-electron chi connectivity index (χ1n) is 8.08. The van der Waals surface area contributed by atoms with E-state index >= 15 is 0 Å². The SMILES string of the molecule is CC/C(C)=C/Sc1cc([N+](=O)[O-])cc(-c2ccc(OC(F)(F)F)cc2)c1C. The van der Waals surface area contributed by atoms with Crippen molar-refractivity contribution in [3.8, 4) is 16.9 Å². The summed E-state index contributed by atoms with van der Waals surface area (Å²) in [5.74, 6) is -0.342. The Morgan fingerprint density at radius 3 is 2.41 bits per heavy atom. The molecule has 0 aliphatic carbocycles. The molecule has 8 heteroatoms. The van der Waals surface area contributed by atoms with Crippen molar-refractivity contribution >= 4 is 17.4 Å². The van der Waals surface area contributed by atoms with Crippen LogP contribution in [-0.2, 0) is 0 Å². The summed E-state index contributed by atoms with van der Waals surface area (Å²) in [5, 5.41) is 13.2. The molecule has 0 radical (unpaired) electrons. The van der Waals surface area contributed by atoms with Crippen molar-refractivity contribution < 1.29 is 22.8 Å². The van der Waals surface area contributed by atoms with Crippen LogP contribution in [0.1, 0.15) is 25.8 Å². The van der Waals surface area contributed by atoms with Crippen molar-refractivity contribution in [1.82, 2.24) is 0 Å². The van der Waals surface area contributed by atoms with Crippen LogP contribution < -0.4 is 4.74 Å². The van der Waals surface area contributed by atoms with Crippen LogP contribution in [0.2, 0.25) is 0 Å². The summed E-state index contributed by atoms with van der Waals surface area (Å²) in [5.41, 5.74) is 3.05. The molecule has 0 aromatic heterocycles. The normalized spacial score (nSPS) is 12.1. The van der Waals surface area contributed by atoms with E-state index in [1.165, 1.54) is 48.2 Å². The zero-order valence-electron chi connectivity index (χ0n) is 15.0. The van der Waals surface area contributed by atoms with Crippen LogP contribution in [0.15, 0.2) is 52.3 Å². The molecule has 0 atom stereocenters. The third-order valence-electron chi connectivity index (χ3n) is 3.90. The molecule has 0 amide bonds. The molecule has 2 rings (SSSR count). The molecule has 0 saturated heterocycles. The highest BCUT2D eigenvalue weighted by Crippen LogP contribution is 2.37. The number of allylic oxidation sites excluding steroid dienone is 1. The van der Waals surface area contributed by atoms with E-state index in [0.29, 0.717) is 11.1 Å². The molecule has 0 aliphatic heterocycles. The second kappa shape index (κ2) is 8.47. The van der Waals surface area contributed by atoms with E-state index in [1.807, 2.05) is 26.2 Å². The van der Waals surface area contributed by atoms with Crippen molar-refractivity contribution in [2.45, 2.75) is 38.4 Å². The topological polar surface area (TPSA) is 52.4 Å². The molecule has 2 aromatic carbocycles. The third kappa shape index (κ3) is 5.75. The third-order valence-corrected chi connectivity index (χ3v) is 5.10. The van der Waals surface area contributed by atoms with Gasteiger partial charge in [-0.25, -0.2) is 0 Å². The fourth-order valence-corrected chi connectivity index (χ4v) is 3.25. The minimum atomic E-state index is -4.77. The van der Waals surface area contributed by atoms with Crippen LogP contribution in [0.5, 0.6) is 5.75 Å². The lowest BCUT2D eigenvalue weighted by Crippen LogP contribution is -2.16. The van der Waals surface area contributed by atoms with Gasteiger partial charge in [0.1, 0.15) is 5.75 Å². The fraction of sp³-hybridized carbons (Fsp3) is 0.263. The Morgan fingerprint density at radius 1 is 1.26 bits per heavy atom. The maximum absolute atomic E-state index is 12.3. The zero-order chi connectivity index (χ0) is 20.2. The van der Waals surface area contributed by atoms with Crippen molar-refractivity contribution in [3.63, 3.8) is 0 Å². The van der Waals surface area contributed by atoms with Crippen molar-refractivity contribution in [2.24, 2.45) is 0 Å². The van der Waals surface area contributed by atoms with Crippen LogP contribution in [0.25, 0.3) is 11.1 Å². The van der Waals surface area contributed by atoms with Gasteiger partial charge in [-0.1, -0.05) is 36.4 Å². The first-order chi connectivity index (χ1) is 12.6. The first-order valence-corrected chi connectivity index (χ1v) is 8.96. The molecule has 0 aliphatic rings. The number of nitro groups is 1. The summed E-state index contributed by atoms with van der Waals surface area (Å²) >= 11 is 1.39. The highest BCUT2D eigenvalue weighted by Gasteiger charge is 2.31. The average Bonchev–Trinajstić information content (AvgIpc) is 2.59. The molecule has 144 valence electrons. The Kier molecular flexibility index (Phi) is 6.54. The van der Waals surface area contributed by atoms with Gasteiger partial charge in [-0.05, 0) is 54.5 Å². The largest absolute Gasteiger partial charge is 0.573 e. The lowest BCUT2D eigenvalue weighted by Gasteiger charge is -2.12. The predicted octanol–water partition coefficient (Wildman–Crippen LogP) is 6.87. The average molecular weight is 397 g/mol. The summed E-state index contributed by atoms with van der Waals surface area (Å²) in [7, 11) is 0. The van der Waals surface area contributed by atoms with Crippen molar-refractivity contribution in [3.05, 3.63) is 63.1 Å². The molecule has 0 spiro atoms. The number of halogens is 3. The van der Waals surface area contributed by atoms with Gasteiger partial charge in [0.15, 0.2) is 0 Å². The van der Waals surface area contributed by atoms with Crippen molar-refractivity contribution in [1.29, 1.82) is 0 Å². The van der Waals surface area contributed by atoms with Gasteiger partial charge in [-0.15, -0.1) is 13.2 Å². The van der Waals surface area contributed by atoms with Gasteiger partial charge in [-0.3, -0.25) is 10.1 Å². The van der Waals surface area contributed by atoms with Gasteiger partial charge in [0.05, 0.1) is 4.92 Å². The monoisotopic (exact) mass is 397 g/mol. The molecule has 0 bridgehead atoms. The minimum absolute atomic E-state index is 0.0729. The van der Waals surface area contributed by atoms with Crippen LogP contribution in [-0.4, -0.2) is 11.3 Å². The van der Waals surface area contributed by atoms with Gasteiger partial charge in [-0.2, -0.15) is 0 Å². The van der Waals surface area contributed by atoms with E-state index in [0.717, 1.165) is 22.5 Å². The van der Waals surface area contributed by atoms with E-state index < -0.39 is 11.3 Å². The number of ether oxygens (including phenoxy) is 1. The molecular weight excluding hydrogens is 379 g/mol. The summed E-state index contributed by atoms with van der Waals surface area (Å²) in [4.78, 5) is 11.5. The Labute approximate surface area is 159 Å². The van der Waals surface area contributed by atoms with E-state index in [-0.39, 0.29) is 11.4 Å². The summed E-state index contributed by atoms with van der Waals surface area (Å²) in [6, 6.07) is 8.22. The molecule has 0 saturated carbocycles. The molecule has 0 unspecified atom stereocenters. The fourth-order valence-electron chi connectivity index (χ4n) is 2.28. The lowest BCUT2D eigenvalue weighted by atomic mass is 9.99. The smallest absolute Gasteiger partial charge is 0.406 e. The standard InChI is InChI=1S/C19H18F3NO3S/c1-4-12(2)11-27-18-10-15(23(24)25)9-17(13(18)3)14-5-7-16(8-6-14)26-19(20,21)22/h5-11H,4H2,1-3H3/b12-11+. The zero-order valence-corrected chi connectivity index (χ0v) is 15.8. The maximum atomic E-state index is 12.3. The van der Waals surface area contributed by atoms with E-state index in [1.54, 1.807) is 0 Å². The van der Waals surface area contributed by atoms with Crippen LogP contribution >= 0.6 is 11.8 Å². The minimum Gasteiger partial charge on any atom is -0.406 e. The molecule has 4 nitrogen and oxygen atoms in total. The number of nitrogens with zero attached hydrogens (tertiary/aromatic N) is 1. The van der Waals surface area contributed by atoms with E-state index in [4.69, 9.17) is 0 Å². The number of non-ortho nitro benzene ring substituents is 1. The van der Waals surface area contributed by atoms with Gasteiger partial charge in [0.25, 0.3) is 5.69 Å². The van der Waals surface area contributed by atoms with Gasteiger partial charge < -0.3 is 4.74 Å². The molecule has 0 fully saturated rings. The van der Waals surface area contributed by atoms with Gasteiger partial charge in [0, 0.05) is 17.0 Å². The van der Waals surface area contributed by atoms with Crippen LogP contribution in [0.3, 0.4) is 0 Å².